The molecule has 0 aromatic carbocycles. The Labute approximate surface area is 114 Å². The summed E-state index contributed by atoms with van der Waals surface area (Å²) in [5.74, 6) is -0.990. The Kier molecular flexibility index (Phi) is 4.82. The van der Waals surface area contributed by atoms with E-state index in [1.165, 1.54) is 0 Å². The van der Waals surface area contributed by atoms with Crippen molar-refractivity contribution in [2.24, 2.45) is 5.92 Å². The molecular formula is C14H25NO4. The summed E-state index contributed by atoms with van der Waals surface area (Å²) in [7, 11) is 0. The quantitative estimate of drug-likeness (QED) is 0.827. The molecule has 0 aliphatic heterocycles. The second kappa shape index (κ2) is 5.80. The molecule has 1 amide bonds. The number of carbonyl (C=O) groups is 2. The summed E-state index contributed by atoms with van der Waals surface area (Å²) in [6, 6.07) is 0. The molecule has 0 aromatic rings. The van der Waals surface area contributed by atoms with Crippen LogP contribution < -0.4 is 5.32 Å². The van der Waals surface area contributed by atoms with Gasteiger partial charge >= 0.3 is 12.1 Å². The zero-order valence-corrected chi connectivity index (χ0v) is 12.3. The second-order valence-corrected chi connectivity index (χ2v) is 6.25. The molecule has 0 unspecified atom stereocenters. The van der Waals surface area contributed by atoms with E-state index in [4.69, 9.17) is 4.74 Å². The van der Waals surface area contributed by atoms with Crippen LogP contribution in [0.2, 0.25) is 0 Å². The molecule has 0 heterocycles. The Morgan fingerprint density at radius 1 is 1.37 bits per heavy atom. The van der Waals surface area contributed by atoms with Gasteiger partial charge in [0.2, 0.25) is 0 Å². The molecule has 5 nitrogen and oxygen atoms in total. The number of amides is 1. The van der Waals surface area contributed by atoms with E-state index in [9.17, 15) is 14.7 Å². The number of nitrogens with one attached hydrogen (secondary N) is 1. The van der Waals surface area contributed by atoms with Crippen molar-refractivity contribution in [3.05, 3.63) is 0 Å². The lowest BCUT2D eigenvalue weighted by molar-refractivity contribution is -0.149. The molecule has 2 N–H and O–H groups in total. The third-order valence-electron chi connectivity index (χ3n) is 3.67. The number of hydrogen-bond donors (Lipinski definition) is 2. The average molecular weight is 271 g/mol. The molecule has 1 aliphatic rings. The van der Waals surface area contributed by atoms with Crippen LogP contribution in [0.15, 0.2) is 0 Å². The first-order valence-corrected chi connectivity index (χ1v) is 6.96. The highest BCUT2D eigenvalue weighted by atomic mass is 16.6. The lowest BCUT2D eigenvalue weighted by Gasteiger charge is -2.41. The second-order valence-electron chi connectivity index (χ2n) is 6.25. The van der Waals surface area contributed by atoms with Gasteiger partial charge in [0.05, 0.1) is 0 Å². The zero-order chi connectivity index (χ0) is 14.7. The Morgan fingerprint density at radius 2 is 2.00 bits per heavy atom. The molecule has 0 aromatic heterocycles. The predicted molar refractivity (Wildman–Crippen MR) is 72.0 cm³/mol. The van der Waals surface area contributed by atoms with Crippen molar-refractivity contribution in [2.45, 2.75) is 70.9 Å². The van der Waals surface area contributed by atoms with Gasteiger partial charge in [0.1, 0.15) is 11.1 Å². The lowest BCUT2D eigenvalue weighted by atomic mass is 9.71. The first-order valence-electron chi connectivity index (χ1n) is 6.96. The van der Waals surface area contributed by atoms with Crippen LogP contribution >= 0.6 is 0 Å². The molecule has 1 rings (SSSR count). The van der Waals surface area contributed by atoms with Crippen molar-refractivity contribution in [3.63, 3.8) is 0 Å². The van der Waals surface area contributed by atoms with Gasteiger partial charge in [-0.3, -0.25) is 0 Å². The lowest BCUT2D eigenvalue weighted by Crippen LogP contribution is -2.61. The van der Waals surface area contributed by atoms with E-state index in [2.05, 4.69) is 5.32 Å². The van der Waals surface area contributed by atoms with Crippen molar-refractivity contribution in [1.29, 1.82) is 0 Å². The average Bonchev–Trinajstić information content (AvgIpc) is 2.26. The Morgan fingerprint density at radius 3 is 2.47 bits per heavy atom. The largest absolute Gasteiger partial charge is 0.479 e. The fourth-order valence-corrected chi connectivity index (χ4v) is 2.78. The summed E-state index contributed by atoms with van der Waals surface area (Å²) in [6.07, 6.45) is 3.23. The smallest absolute Gasteiger partial charge is 0.408 e. The van der Waals surface area contributed by atoms with E-state index >= 15 is 0 Å². The van der Waals surface area contributed by atoms with Crippen molar-refractivity contribution in [2.75, 3.05) is 0 Å². The molecule has 1 aliphatic carbocycles. The van der Waals surface area contributed by atoms with Crippen LogP contribution in [0.3, 0.4) is 0 Å². The van der Waals surface area contributed by atoms with Crippen LogP contribution in [0, 0.1) is 5.92 Å². The van der Waals surface area contributed by atoms with Gasteiger partial charge in [0, 0.05) is 0 Å². The van der Waals surface area contributed by atoms with Crippen LogP contribution in [0.1, 0.15) is 59.8 Å². The van der Waals surface area contributed by atoms with Crippen molar-refractivity contribution >= 4 is 12.1 Å². The molecular weight excluding hydrogens is 246 g/mol. The minimum atomic E-state index is -1.17. The van der Waals surface area contributed by atoms with Crippen LogP contribution in [0.5, 0.6) is 0 Å². The third kappa shape index (κ3) is 3.85. The summed E-state index contributed by atoms with van der Waals surface area (Å²) in [4.78, 5) is 23.6. The summed E-state index contributed by atoms with van der Waals surface area (Å²) in [5, 5.41) is 12.2. The van der Waals surface area contributed by atoms with Gasteiger partial charge in [-0.25, -0.2) is 9.59 Å². The SMILES string of the molecule is CC[C@H]1CCCC[C@]1(NC(=O)OC(C)(C)C)C(=O)O. The van der Waals surface area contributed by atoms with Gasteiger partial charge in [-0.1, -0.05) is 26.2 Å². The molecule has 2 atom stereocenters. The first-order chi connectivity index (χ1) is 8.71. The van der Waals surface area contributed by atoms with E-state index in [1.54, 1.807) is 20.8 Å². The highest BCUT2D eigenvalue weighted by Gasteiger charge is 2.48. The number of rotatable bonds is 3. The van der Waals surface area contributed by atoms with Gasteiger partial charge in [0.25, 0.3) is 0 Å². The number of alkyl carbamates (subject to hydrolysis) is 1. The van der Waals surface area contributed by atoms with Gasteiger partial charge in [-0.2, -0.15) is 0 Å². The molecule has 0 spiro atoms. The van der Waals surface area contributed by atoms with E-state index < -0.39 is 23.2 Å². The van der Waals surface area contributed by atoms with Gasteiger partial charge in [0.15, 0.2) is 0 Å². The minimum absolute atomic E-state index is 0.0359. The molecule has 5 heteroatoms. The molecule has 0 saturated heterocycles. The zero-order valence-electron chi connectivity index (χ0n) is 12.3. The van der Waals surface area contributed by atoms with Gasteiger partial charge in [-0.15, -0.1) is 0 Å². The van der Waals surface area contributed by atoms with Gasteiger partial charge < -0.3 is 15.2 Å². The highest BCUT2D eigenvalue weighted by molar-refractivity contribution is 5.85. The summed E-state index contributed by atoms with van der Waals surface area (Å²) in [6.45, 7) is 7.25. The maximum atomic E-state index is 11.9. The number of ether oxygens (including phenoxy) is 1. The normalized spacial score (nSPS) is 27.7. The Hall–Kier alpha value is -1.26. The standard InChI is InChI=1S/C14H25NO4/c1-5-10-8-6-7-9-14(10,11(16)17)15-12(18)19-13(2,3)4/h10H,5-9H2,1-4H3,(H,15,18)(H,16,17)/t10-,14+/m0/s1. The fourth-order valence-electron chi connectivity index (χ4n) is 2.78. The van der Waals surface area contributed by atoms with Gasteiger partial charge in [-0.05, 0) is 39.5 Å². The topological polar surface area (TPSA) is 75.6 Å². The monoisotopic (exact) mass is 271 g/mol. The van der Waals surface area contributed by atoms with Crippen molar-refractivity contribution in [1.82, 2.24) is 5.32 Å². The third-order valence-corrected chi connectivity index (χ3v) is 3.67. The number of carboxylic acids is 1. The molecule has 1 saturated carbocycles. The maximum absolute atomic E-state index is 11.9. The minimum Gasteiger partial charge on any atom is -0.479 e. The van der Waals surface area contributed by atoms with Crippen LogP contribution in [0.4, 0.5) is 4.79 Å². The summed E-state index contributed by atoms with van der Waals surface area (Å²) >= 11 is 0. The first kappa shape index (κ1) is 15.8. The number of carbonyl (C=O) groups excluding carboxylic acids is 1. The summed E-state index contributed by atoms with van der Waals surface area (Å²) in [5.41, 5.74) is -1.80. The molecule has 1 fully saturated rings. The van der Waals surface area contributed by atoms with Crippen molar-refractivity contribution in [3.8, 4) is 0 Å². The Balaban J connectivity index is 2.87. The van der Waals surface area contributed by atoms with Crippen LogP contribution in [-0.4, -0.2) is 28.3 Å². The maximum Gasteiger partial charge on any atom is 0.408 e. The summed E-state index contributed by atoms with van der Waals surface area (Å²) < 4.78 is 5.20. The number of hydrogen-bond acceptors (Lipinski definition) is 3. The molecule has 0 bridgehead atoms. The van der Waals surface area contributed by atoms with Crippen LogP contribution in [-0.2, 0) is 9.53 Å². The highest BCUT2D eigenvalue weighted by Crippen LogP contribution is 2.36. The van der Waals surface area contributed by atoms with E-state index in [1.807, 2.05) is 6.92 Å². The molecule has 110 valence electrons. The molecule has 19 heavy (non-hydrogen) atoms. The number of aliphatic carboxylic acids is 1. The van der Waals surface area contributed by atoms with E-state index in [-0.39, 0.29) is 5.92 Å². The Bertz CT molecular complexity index is 348. The van der Waals surface area contributed by atoms with E-state index in [0.717, 1.165) is 25.7 Å². The molecule has 0 radical (unpaired) electrons. The van der Waals surface area contributed by atoms with Crippen LogP contribution in [0.25, 0.3) is 0 Å². The number of carboxylic acid groups (broad SMARTS) is 1. The van der Waals surface area contributed by atoms with E-state index in [0.29, 0.717) is 6.42 Å². The predicted octanol–water partition coefficient (Wildman–Crippen LogP) is 2.93. The fraction of sp³-hybridized carbons (Fsp3) is 0.857. The van der Waals surface area contributed by atoms with Crippen molar-refractivity contribution < 1.29 is 19.4 Å².